The molecule has 0 radical (unpaired) electrons. The molecule has 0 aromatic heterocycles. The summed E-state index contributed by atoms with van der Waals surface area (Å²) in [5.74, 6) is 1.40. The number of rotatable bonds is 5. The second-order valence-corrected chi connectivity index (χ2v) is 4.23. The van der Waals surface area contributed by atoms with Gasteiger partial charge in [-0.15, -0.1) is 0 Å². The van der Waals surface area contributed by atoms with E-state index in [0.29, 0.717) is 18.1 Å². The van der Waals surface area contributed by atoms with Gasteiger partial charge in [-0.1, -0.05) is 22.0 Å². The van der Waals surface area contributed by atoms with Crippen LogP contribution < -0.4 is 9.47 Å². The van der Waals surface area contributed by atoms with Crippen molar-refractivity contribution in [2.75, 3.05) is 13.7 Å². The number of ether oxygens (including phenoxy) is 2. The van der Waals surface area contributed by atoms with Crippen molar-refractivity contribution in [1.82, 2.24) is 0 Å². The van der Waals surface area contributed by atoms with E-state index in [1.165, 1.54) is 0 Å². The lowest BCUT2D eigenvalue weighted by molar-refractivity contribution is -0.116. The minimum atomic E-state index is -0.294. The van der Waals surface area contributed by atoms with Crippen LogP contribution in [0.15, 0.2) is 18.2 Å². The van der Waals surface area contributed by atoms with Gasteiger partial charge in [0.2, 0.25) is 0 Å². The molecule has 0 saturated carbocycles. The van der Waals surface area contributed by atoms with Crippen molar-refractivity contribution in [3.8, 4) is 11.5 Å². The summed E-state index contributed by atoms with van der Waals surface area (Å²) in [6.45, 7) is 4.04. The van der Waals surface area contributed by atoms with E-state index < -0.39 is 0 Å². The minimum absolute atomic E-state index is 0.0613. The van der Waals surface area contributed by atoms with Gasteiger partial charge in [-0.05, 0) is 31.5 Å². The van der Waals surface area contributed by atoms with Crippen molar-refractivity contribution in [2.45, 2.75) is 18.7 Å². The zero-order chi connectivity index (χ0) is 12.1. The lowest BCUT2D eigenvalue weighted by atomic mass is 10.1. The molecule has 1 atom stereocenters. The Morgan fingerprint density at radius 1 is 1.44 bits per heavy atom. The molecule has 0 bridgehead atoms. The Hall–Kier alpha value is -1.03. The number of halogens is 1. The van der Waals surface area contributed by atoms with Gasteiger partial charge in [-0.3, -0.25) is 4.79 Å². The zero-order valence-electron chi connectivity index (χ0n) is 9.62. The molecule has 0 aliphatic heterocycles. The summed E-state index contributed by atoms with van der Waals surface area (Å²) in [4.78, 5) is 10.9. The third-order valence-electron chi connectivity index (χ3n) is 2.14. The van der Waals surface area contributed by atoms with E-state index in [1.807, 2.05) is 25.1 Å². The molecule has 0 N–H and O–H groups in total. The highest BCUT2D eigenvalue weighted by Gasteiger charge is 2.15. The van der Waals surface area contributed by atoms with Gasteiger partial charge in [0.15, 0.2) is 11.5 Å². The Morgan fingerprint density at radius 2 is 2.12 bits per heavy atom. The molecular formula is C12H15BrO3. The van der Waals surface area contributed by atoms with Gasteiger partial charge >= 0.3 is 0 Å². The van der Waals surface area contributed by atoms with Gasteiger partial charge in [0, 0.05) is 0 Å². The first-order valence-electron chi connectivity index (χ1n) is 5.05. The summed E-state index contributed by atoms with van der Waals surface area (Å²) in [7, 11) is 1.58. The van der Waals surface area contributed by atoms with Crippen LogP contribution in [0.1, 0.15) is 24.2 Å². The second kappa shape index (κ2) is 5.89. The predicted molar refractivity (Wildman–Crippen MR) is 66.5 cm³/mol. The van der Waals surface area contributed by atoms with Crippen molar-refractivity contribution < 1.29 is 14.3 Å². The molecule has 0 aliphatic carbocycles. The number of hydrogen-bond donors (Lipinski definition) is 0. The summed E-state index contributed by atoms with van der Waals surface area (Å²) in [6.07, 6.45) is 0. The van der Waals surface area contributed by atoms with Crippen LogP contribution in [-0.2, 0) is 4.79 Å². The van der Waals surface area contributed by atoms with Crippen molar-refractivity contribution in [3.63, 3.8) is 0 Å². The molecule has 0 saturated heterocycles. The first-order valence-corrected chi connectivity index (χ1v) is 5.97. The van der Waals surface area contributed by atoms with Crippen LogP contribution in [0.3, 0.4) is 0 Å². The van der Waals surface area contributed by atoms with Crippen molar-refractivity contribution in [1.29, 1.82) is 0 Å². The van der Waals surface area contributed by atoms with E-state index in [9.17, 15) is 4.79 Å². The zero-order valence-corrected chi connectivity index (χ0v) is 11.2. The van der Waals surface area contributed by atoms with Gasteiger partial charge in [0.05, 0.1) is 18.5 Å². The van der Waals surface area contributed by atoms with Crippen molar-refractivity contribution >= 4 is 21.7 Å². The molecule has 88 valence electrons. The first kappa shape index (κ1) is 13.0. The third-order valence-corrected chi connectivity index (χ3v) is 3.31. The fraction of sp³-hybridized carbons (Fsp3) is 0.417. The Bertz CT molecular complexity index is 377. The van der Waals surface area contributed by atoms with Crippen LogP contribution >= 0.6 is 15.9 Å². The fourth-order valence-corrected chi connectivity index (χ4v) is 1.64. The maximum absolute atomic E-state index is 11.2. The predicted octanol–water partition coefficient (Wildman–Crippen LogP) is 3.12. The van der Waals surface area contributed by atoms with Crippen LogP contribution in [0, 0.1) is 0 Å². The smallest absolute Gasteiger partial charge is 0.161 e. The van der Waals surface area contributed by atoms with Crippen LogP contribution in [0.2, 0.25) is 0 Å². The molecule has 1 aromatic carbocycles. The highest BCUT2D eigenvalue weighted by Crippen LogP contribution is 2.33. The van der Waals surface area contributed by atoms with Crippen molar-refractivity contribution in [2.24, 2.45) is 0 Å². The van der Waals surface area contributed by atoms with Crippen LogP contribution in [-0.4, -0.2) is 19.5 Å². The van der Waals surface area contributed by atoms with E-state index in [2.05, 4.69) is 15.9 Å². The number of methoxy groups -OCH3 is 1. The van der Waals surface area contributed by atoms with Gasteiger partial charge in [-0.2, -0.15) is 0 Å². The van der Waals surface area contributed by atoms with Gasteiger partial charge < -0.3 is 9.47 Å². The number of benzene rings is 1. The summed E-state index contributed by atoms with van der Waals surface area (Å²) in [5, 5.41) is 0. The number of alkyl halides is 1. The highest BCUT2D eigenvalue weighted by molar-refractivity contribution is 9.09. The molecule has 0 spiro atoms. The van der Waals surface area contributed by atoms with Crippen LogP contribution in [0.5, 0.6) is 11.5 Å². The van der Waals surface area contributed by atoms with Crippen molar-refractivity contribution in [3.05, 3.63) is 23.8 Å². The van der Waals surface area contributed by atoms with Gasteiger partial charge in [0.1, 0.15) is 5.78 Å². The lowest BCUT2D eigenvalue weighted by Gasteiger charge is -2.12. The van der Waals surface area contributed by atoms with E-state index in [1.54, 1.807) is 14.0 Å². The Morgan fingerprint density at radius 3 is 2.62 bits per heavy atom. The fourth-order valence-electron chi connectivity index (χ4n) is 1.35. The molecule has 0 fully saturated rings. The Labute approximate surface area is 104 Å². The molecule has 1 rings (SSSR count). The number of hydrogen-bond acceptors (Lipinski definition) is 3. The number of Topliss-reactive ketones (excluding diaryl/α,β-unsaturated/α-hetero) is 1. The molecule has 1 aromatic rings. The summed E-state index contributed by atoms with van der Waals surface area (Å²) in [5.41, 5.74) is 0.868. The summed E-state index contributed by atoms with van der Waals surface area (Å²) < 4.78 is 10.6. The van der Waals surface area contributed by atoms with Gasteiger partial charge in [0.25, 0.3) is 0 Å². The molecule has 0 heterocycles. The molecule has 0 amide bonds. The number of carbonyl (C=O) groups is 1. The highest BCUT2D eigenvalue weighted by atomic mass is 79.9. The van der Waals surface area contributed by atoms with Gasteiger partial charge in [-0.25, -0.2) is 0 Å². The largest absolute Gasteiger partial charge is 0.493 e. The Balaban J connectivity index is 3.03. The maximum atomic E-state index is 11.2. The number of carbonyl (C=O) groups excluding carboxylic acids is 1. The standard InChI is InChI=1S/C12H15BrO3/c1-4-16-10-6-5-9(7-11(10)15-3)12(13)8(2)14/h5-7,12H,4H2,1-3H3. The molecular weight excluding hydrogens is 272 g/mol. The maximum Gasteiger partial charge on any atom is 0.161 e. The second-order valence-electron chi connectivity index (χ2n) is 3.32. The average Bonchev–Trinajstić information content (AvgIpc) is 2.29. The topological polar surface area (TPSA) is 35.5 Å². The monoisotopic (exact) mass is 286 g/mol. The van der Waals surface area contributed by atoms with Crippen LogP contribution in [0.4, 0.5) is 0 Å². The summed E-state index contributed by atoms with van der Waals surface area (Å²) >= 11 is 3.33. The quantitative estimate of drug-likeness (QED) is 0.780. The SMILES string of the molecule is CCOc1ccc(C(Br)C(C)=O)cc1OC. The van der Waals surface area contributed by atoms with Crippen LogP contribution in [0.25, 0.3) is 0 Å². The normalized spacial score (nSPS) is 12.0. The lowest BCUT2D eigenvalue weighted by Crippen LogP contribution is -2.02. The molecule has 1 unspecified atom stereocenters. The molecule has 0 aliphatic rings. The van der Waals surface area contributed by atoms with E-state index in [-0.39, 0.29) is 10.6 Å². The third kappa shape index (κ3) is 2.98. The minimum Gasteiger partial charge on any atom is -0.493 e. The summed E-state index contributed by atoms with van der Waals surface area (Å²) in [6, 6.07) is 5.48. The number of ketones is 1. The van der Waals surface area contributed by atoms with E-state index >= 15 is 0 Å². The molecule has 4 heteroatoms. The van der Waals surface area contributed by atoms with E-state index in [0.717, 1.165) is 5.56 Å². The van der Waals surface area contributed by atoms with E-state index in [4.69, 9.17) is 9.47 Å². The Kier molecular flexibility index (Phi) is 4.80. The average molecular weight is 287 g/mol. The first-order chi connectivity index (χ1) is 7.60. The molecule has 3 nitrogen and oxygen atoms in total. The molecule has 16 heavy (non-hydrogen) atoms.